The van der Waals surface area contributed by atoms with Crippen LogP contribution >= 0.6 is 11.6 Å². The average Bonchev–Trinajstić information content (AvgIpc) is 2.04. The second kappa shape index (κ2) is 3.59. The first-order chi connectivity index (χ1) is 5.66. The molecule has 0 saturated heterocycles. The predicted molar refractivity (Wildman–Crippen MR) is 51.2 cm³/mol. The van der Waals surface area contributed by atoms with E-state index in [0.717, 1.165) is 12.0 Å². The van der Waals surface area contributed by atoms with E-state index in [2.05, 4.69) is 0 Å². The van der Waals surface area contributed by atoms with E-state index >= 15 is 0 Å². The van der Waals surface area contributed by atoms with Crippen LogP contribution in [0.5, 0.6) is 0 Å². The maximum atomic E-state index is 10.5. The molecule has 1 aromatic rings. The molecule has 1 aromatic carbocycles. The molecule has 0 N–H and O–H groups in total. The van der Waals surface area contributed by atoms with Gasteiger partial charge in [-0.1, -0.05) is 23.7 Å². The van der Waals surface area contributed by atoms with Gasteiger partial charge in [0, 0.05) is 19.7 Å². The quantitative estimate of drug-likeness (QED) is 0.656. The number of hydrogen-bond donors (Lipinski definition) is 0. The Morgan fingerprint density at radius 1 is 1.42 bits per heavy atom. The molecule has 12 heavy (non-hydrogen) atoms. The van der Waals surface area contributed by atoms with Gasteiger partial charge in [0.25, 0.3) is 0 Å². The van der Waals surface area contributed by atoms with E-state index in [0.29, 0.717) is 10.6 Å². The molecule has 0 aliphatic carbocycles. The van der Waals surface area contributed by atoms with Gasteiger partial charge in [0.1, 0.15) is 0 Å². The molecule has 0 atom stereocenters. The van der Waals surface area contributed by atoms with Crippen LogP contribution in [0.15, 0.2) is 18.2 Å². The SMILES string of the molecule is CN(C)c1cccc(C=O)c1Cl. The first kappa shape index (κ1) is 9.07. The molecule has 0 fully saturated rings. The molecule has 1 rings (SSSR count). The zero-order valence-electron chi connectivity index (χ0n) is 7.04. The van der Waals surface area contributed by atoms with E-state index in [9.17, 15) is 4.79 Å². The molecule has 0 heterocycles. The third-order valence-electron chi connectivity index (χ3n) is 1.62. The molecule has 0 saturated carbocycles. The maximum Gasteiger partial charge on any atom is 0.151 e. The van der Waals surface area contributed by atoms with Crippen molar-refractivity contribution in [3.05, 3.63) is 28.8 Å². The summed E-state index contributed by atoms with van der Waals surface area (Å²) in [4.78, 5) is 12.4. The molecular formula is C9H10ClNO. The summed E-state index contributed by atoms with van der Waals surface area (Å²) in [6.07, 6.45) is 0.759. The molecule has 0 spiro atoms. The molecule has 0 unspecified atom stereocenters. The van der Waals surface area contributed by atoms with E-state index in [1.54, 1.807) is 6.07 Å². The van der Waals surface area contributed by atoms with Gasteiger partial charge in [0.05, 0.1) is 10.7 Å². The highest BCUT2D eigenvalue weighted by molar-refractivity contribution is 6.35. The smallest absolute Gasteiger partial charge is 0.151 e. The van der Waals surface area contributed by atoms with Crippen LogP contribution in [0.3, 0.4) is 0 Å². The molecule has 2 nitrogen and oxygen atoms in total. The zero-order valence-corrected chi connectivity index (χ0v) is 7.80. The number of halogens is 1. The number of anilines is 1. The second-order valence-corrected chi connectivity index (χ2v) is 3.07. The molecule has 3 heteroatoms. The summed E-state index contributed by atoms with van der Waals surface area (Å²) in [5.41, 5.74) is 1.39. The standard InChI is InChI=1S/C9H10ClNO/c1-11(2)8-5-3-4-7(6-12)9(8)10/h3-6H,1-2H3. The fraction of sp³-hybridized carbons (Fsp3) is 0.222. The van der Waals surface area contributed by atoms with Gasteiger partial charge in [-0.3, -0.25) is 4.79 Å². The zero-order chi connectivity index (χ0) is 9.14. The van der Waals surface area contributed by atoms with Gasteiger partial charge >= 0.3 is 0 Å². The van der Waals surface area contributed by atoms with Crippen molar-refractivity contribution in [3.8, 4) is 0 Å². The van der Waals surface area contributed by atoms with Crippen LogP contribution in [-0.2, 0) is 0 Å². The maximum absolute atomic E-state index is 10.5. The Hall–Kier alpha value is -1.02. The number of rotatable bonds is 2. The minimum atomic E-state index is 0.512. The normalized spacial score (nSPS) is 9.58. The lowest BCUT2D eigenvalue weighted by molar-refractivity contribution is 0.112. The van der Waals surface area contributed by atoms with Crippen LogP contribution in [-0.4, -0.2) is 20.4 Å². The summed E-state index contributed by atoms with van der Waals surface area (Å²) in [6.45, 7) is 0. The lowest BCUT2D eigenvalue weighted by Gasteiger charge is -2.14. The van der Waals surface area contributed by atoms with Crippen molar-refractivity contribution in [2.24, 2.45) is 0 Å². The largest absolute Gasteiger partial charge is 0.376 e. The van der Waals surface area contributed by atoms with Crippen molar-refractivity contribution in [2.75, 3.05) is 19.0 Å². The fourth-order valence-corrected chi connectivity index (χ4v) is 1.31. The monoisotopic (exact) mass is 183 g/mol. The Bertz CT molecular complexity index is 297. The van der Waals surface area contributed by atoms with E-state index in [4.69, 9.17) is 11.6 Å². The van der Waals surface area contributed by atoms with Crippen molar-refractivity contribution < 1.29 is 4.79 Å². The second-order valence-electron chi connectivity index (χ2n) is 2.69. The van der Waals surface area contributed by atoms with Gasteiger partial charge in [0.15, 0.2) is 6.29 Å². The van der Waals surface area contributed by atoms with Crippen molar-refractivity contribution in [2.45, 2.75) is 0 Å². The summed E-state index contributed by atoms with van der Waals surface area (Å²) in [6, 6.07) is 5.38. The van der Waals surface area contributed by atoms with Crippen LogP contribution in [0, 0.1) is 0 Å². The van der Waals surface area contributed by atoms with E-state index in [1.165, 1.54) is 0 Å². The molecule has 64 valence electrons. The highest BCUT2D eigenvalue weighted by Gasteiger charge is 2.05. The van der Waals surface area contributed by atoms with Gasteiger partial charge in [-0.2, -0.15) is 0 Å². The van der Waals surface area contributed by atoms with Crippen LogP contribution in [0.2, 0.25) is 5.02 Å². The van der Waals surface area contributed by atoms with Gasteiger partial charge in [-0.05, 0) is 6.07 Å². The van der Waals surface area contributed by atoms with E-state index < -0.39 is 0 Å². The van der Waals surface area contributed by atoms with Gasteiger partial charge < -0.3 is 4.90 Å². The van der Waals surface area contributed by atoms with Crippen molar-refractivity contribution in [1.29, 1.82) is 0 Å². The highest BCUT2D eigenvalue weighted by atomic mass is 35.5. The summed E-state index contributed by atoms with van der Waals surface area (Å²) in [5, 5.41) is 0.512. The first-order valence-corrected chi connectivity index (χ1v) is 3.95. The fourth-order valence-electron chi connectivity index (χ4n) is 0.974. The number of benzene rings is 1. The van der Waals surface area contributed by atoms with Gasteiger partial charge in [-0.15, -0.1) is 0 Å². The van der Waals surface area contributed by atoms with Crippen LogP contribution < -0.4 is 4.90 Å². The summed E-state index contributed by atoms with van der Waals surface area (Å²) in [7, 11) is 3.77. The topological polar surface area (TPSA) is 20.3 Å². The van der Waals surface area contributed by atoms with Crippen molar-refractivity contribution in [1.82, 2.24) is 0 Å². The number of carbonyl (C=O) groups is 1. The Kier molecular flexibility index (Phi) is 2.71. The minimum Gasteiger partial charge on any atom is -0.376 e. The molecule has 0 aromatic heterocycles. The van der Waals surface area contributed by atoms with Crippen molar-refractivity contribution in [3.63, 3.8) is 0 Å². The molecule has 0 aliphatic heterocycles. The summed E-state index contributed by atoms with van der Waals surface area (Å²) in [5.74, 6) is 0. The Balaban J connectivity index is 3.22. The minimum absolute atomic E-state index is 0.512. The van der Waals surface area contributed by atoms with Crippen LogP contribution in [0.25, 0.3) is 0 Å². The lowest BCUT2D eigenvalue weighted by atomic mass is 10.2. The Labute approximate surface area is 76.8 Å². The van der Waals surface area contributed by atoms with Crippen LogP contribution in [0.4, 0.5) is 5.69 Å². The molecule has 0 radical (unpaired) electrons. The lowest BCUT2D eigenvalue weighted by Crippen LogP contribution is -2.09. The summed E-state index contributed by atoms with van der Waals surface area (Å²) >= 11 is 5.93. The van der Waals surface area contributed by atoms with Crippen molar-refractivity contribution >= 4 is 23.6 Å². The highest BCUT2D eigenvalue weighted by Crippen LogP contribution is 2.26. The van der Waals surface area contributed by atoms with E-state index in [1.807, 2.05) is 31.1 Å². The van der Waals surface area contributed by atoms with Gasteiger partial charge in [-0.25, -0.2) is 0 Å². The number of carbonyl (C=O) groups excluding carboxylic acids is 1. The molecule has 0 bridgehead atoms. The number of aldehydes is 1. The first-order valence-electron chi connectivity index (χ1n) is 3.58. The Morgan fingerprint density at radius 3 is 2.58 bits per heavy atom. The Morgan fingerprint density at radius 2 is 2.08 bits per heavy atom. The van der Waals surface area contributed by atoms with Crippen LogP contribution in [0.1, 0.15) is 10.4 Å². The third-order valence-corrected chi connectivity index (χ3v) is 2.03. The number of hydrogen-bond acceptors (Lipinski definition) is 2. The third kappa shape index (κ3) is 1.59. The summed E-state index contributed by atoms with van der Waals surface area (Å²) < 4.78 is 0. The number of nitrogens with zero attached hydrogens (tertiary/aromatic N) is 1. The average molecular weight is 184 g/mol. The van der Waals surface area contributed by atoms with Gasteiger partial charge in [0.2, 0.25) is 0 Å². The molecule has 0 amide bonds. The molecule has 0 aliphatic rings. The predicted octanol–water partition coefficient (Wildman–Crippen LogP) is 2.22. The van der Waals surface area contributed by atoms with E-state index in [-0.39, 0.29) is 0 Å². The molecular weight excluding hydrogens is 174 g/mol.